The number of nitrogens with one attached hydrogen (secondary N) is 1. The smallest absolute Gasteiger partial charge is 0.258 e. The van der Waals surface area contributed by atoms with E-state index in [-0.39, 0.29) is 18.6 Å². The first-order valence-corrected chi connectivity index (χ1v) is 7.82. The molecule has 0 aliphatic carbocycles. The zero-order valence-corrected chi connectivity index (χ0v) is 14.0. The van der Waals surface area contributed by atoms with E-state index in [0.717, 1.165) is 11.3 Å². The van der Waals surface area contributed by atoms with E-state index in [9.17, 15) is 4.79 Å². The average molecular weight is 334 g/mol. The molecule has 0 saturated carbocycles. The van der Waals surface area contributed by atoms with Crippen LogP contribution in [0.1, 0.15) is 19.4 Å². The van der Waals surface area contributed by atoms with Crippen LogP contribution in [0.5, 0.6) is 11.5 Å². The molecule has 0 radical (unpaired) electrons. The molecule has 0 unspecified atom stereocenters. The third-order valence-corrected chi connectivity index (χ3v) is 3.27. The topological polar surface area (TPSA) is 47.6 Å². The van der Waals surface area contributed by atoms with Gasteiger partial charge in [0, 0.05) is 6.54 Å². The fourth-order valence-electron chi connectivity index (χ4n) is 1.96. The van der Waals surface area contributed by atoms with Crippen LogP contribution in [0.2, 0.25) is 5.02 Å². The molecule has 5 heteroatoms. The van der Waals surface area contributed by atoms with E-state index in [1.807, 2.05) is 44.2 Å². The van der Waals surface area contributed by atoms with E-state index < -0.39 is 0 Å². The fraction of sp³-hybridized carbons (Fsp3) is 0.278. The van der Waals surface area contributed by atoms with Crippen molar-refractivity contribution < 1.29 is 14.3 Å². The summed E-state index contributed by atoms with van der Waals surface area (Å²) in [5.74, 6) is 1.08. The van der Waals surface area contributed by atoms with Gasteiger partial charge in [-0.05, 0) is 43.7 Å². The molecule has 0 aromatic heterocycles. The second kappa shape index (κ2) is 8.44. The van der Waals surface area contributed by atoms with Crippen molar-refractivity contribution in [1.29, 1.82) is 0 Å². The Morgan fingerprint density at radius 1 is 1.17 bits per heavy atom. The van der Waals surface area contributed by atoms with Crippen molar-refractivity contribution in [2.24, 2.45) is 0 Å². The highest BCUT2D eigenvalue weighted by Gasteiger charge is 2.06. The zero-order valence-electron chi connectivity index (χ0n) is 13.2. The summed E-state index contributed by atoms with van der Waals surface area (Å²) in [7, 11) is 0. The molecule has 0 atom stereocenters. The molecular weight excluding hydrogens is 314 g/mol. The monoisotopic (exact) mass is 333 g/mol. The van der Waals surface area contributed by atoms with E-state index in [2.05, 4.69) is 5.32 Å². The van der Waals surface area contributed by atoms with Gasteiger partial charge in [0.1, 0.15) is 11.5 Å². The molecule has 1 amide bonds. The molecule has 0 fully saturated rings. The predicted molar refractivity (Wildman–Crippen MR) is 91.0 cm³/mol. The molecule has 23 heavy (non-hydrogen) atoms. The first-order valence-electron chi connectivity index (χ1n) is 7.44. The Hall–Kier alpha value is -2.20. The van der Waals surface area contributed by atoms with Crippen molar-refractivity contribution >= 4 is 17.5 Å². The normalized spacial score (nSPS) is 10.4. The lowest BCUT2D eigenvalue weighted by Gasteiger charge is -2.12. The van der Waals surface area contributed by atoms with Crippen molar-refractivity contribution in [3.05, 3.63) is 59.1 Å². The number of hydrogen-bond donors (Lipinski definition) is 1. The Bertz CT molecular complexity index is 658. The molecule has 0 spiro atoms. The van der Waals surface area contributed by atoms with Gasteiger partial charge in [0.05, 0.1) is 11.1 Å². The molecule has 4 nitrogen and oxygen atoms in total. The fourth-order valence-corrected chi connectivity index (χ4v) is 2.15. The number of benzene rings is 2. The summed E-state index contributed by atoms with van der Waals surface area (Å²) in [6.07, 6.45) is 0.115. The van der Waals surface area contributed by atoms with Crippen molar-refractivity contribution in [3.8, 4) is 11.5 Å². The van der Waals surface area contributed by atoms with Crippen molar-refractivity contribution in [2.75, 3.05) is 6.61 Å². The van der Waals surface area contributed by atoms with Crippen LogP contribution < -0.4 is 14.8 Å². The summed E-state index contributed by atoms with van der Waals surface area (Å²) < 4.78 is 11.0. The Morgan fingerprint density at radius 3 is 2.70 bits per heavy atom. The minimum absolute atomic E-state index is 0.0775. The number of halogens is 1. The van der Waals surface area contributed by atoms with Gasteiger partial charge in [0.2, 0.25) is 0 Å². The summed E-state index contributed by atoms with van der Waals surface area (Å²) in [5, 5.41) is 3.29. The summed E-state index contributed by atoms with van der Waals surface area (Å²) in [5.41, 5.74) is 0.967. The Morgan fingerprint density at radius 2 is 1.96 bits per heavy atom. The van der Waals surface area contributed by atoms with Crippen molar-refractivity contribution in [2.45, 2.75) is 26.5 Å². The largest absolute Gasteiger partial charge is 0.491 e. The lowest BCUT2D eigenvalue weighted by atomic mass is 10.2. The van der Waals surface area contributed by atoms with Crippen molar-refractivity contribution in [3.63, 3.8) is 0 Å². The van der Waals surface area contributed by atoms with Crippen LogP contribution in [-0.2, 0) is 11.3 Å². The van der Waals surface area contributed by atoms with Gasteiger partial charge in [-0.15, -0.1) is 0 Å². The Balaban J connectivity index is 1.81. The third kappa shape index (κ3) is 5.83. The van der Waals surface area contributed by atoms with Crippen LogP contribution in [0, 0.1) is 0 Å². The molecule has 122 valence electrons. The summed E-state index contributed by atoms with van der Waals surface area (Å²) in [6.45, 7) is 4.28. The SMILES string of the molecule is CC(C)Oc1cccc(CNC(=O)COc2ccccc2Cl)c1. The molecular formula is C18H20ClNO3. The van der Waals surface area contributed by atoms with Gasteiger partial charge in [-0.1, -0.05) is 35.9 Å². The lowest BCUT2D eigenvalue weighted by molar-refractivity contribution is -0.123. The highest BCUT2D eigenvalue weighted by Crippen LogP contribution is 2.22. The van der Waals surface area contributed by atoms with Gasteiger partial charge in [0.25, 0.3) is 5.91 Å². The zero-order chi connectivity index (χ0) is 16.7. The number of hydrogen-bond acceptors (Lipinski definition) is 3. The minimum atomic E-state index is -0.208. The second-order valence-electron chi connectivity index (χ2n) is 5.31. The molecule has 0 heterocycles. The van der Waals surface area contributed by atoms with E-state index in [0.29, 0.717) is 17.3 Å². The number of para-hydroxylation sites is 1. The number of ether oxygens (including phenoxy) is 2. The van der Waals surface area contributed by atoms with Gasteiger partial charge < -0.3 is 14.8 Å². The highest BCUT2D eigenvalue weighted by atomic mass is 35.5. The first kappa shape index (κ1) is 17.2. The molecule has 0 bridgehead atoms. The van der Waals surface area contributed by atoms with Gasteiger partial charge in [-0.3, -0.25) is 4.79 Å². The Labute approximate surface area is 141 Å². The van der Waals surface area contributed by atoms with Gasteiger partial charge in [0.15, 0.2) is 6.61 Å². The number of amides is 1. The maximum atomic E-state index is 11.9. The quantitative estimate of drug-likeness (QED) is 0.837. The predicted octanol–water partition coefficient (Wildman–Crippen LogP) is 3.82. The van der Waals surface area contributed by atoms with E-state index in [1.54, 1.807) is 18.2 Å². The van der Waals surface area contributed by atoms with E-state index in [1.165, 1.54) is 0 Å². The van der Waals surface area contributed by atoms with Crippen LogP contribution in [0.3, 0.4) is 0 Å². The Kier molecular flexibility index (Phi) is 6.29. The van der Waals surface area contributed by atoms with Crippen LogP contribution in [0.15, 0.2) is 48.5 Å². The van der Waals surface area contributed by atoms with E-state index >= 15 is 0 Å². The van der Waals surface area contributed by atoms with Crippen LogP contribution in [-0.4, -0.2) is 18.6 Å². The molecule has 0 aliphatic rings. The van der Waals surface area contributed by atoms with Gasteiger partial charge in [-0.2, -0.15) is 0 Å². The molecule has 2 rings (SSSR count). The van der Waals surface area contributed by atoms with Crippen LogP contribution >= 0.6 is 11.6 Å². The first-order chi connectivity index (χ1) is 11.0. The molecule has 0 aliphatic heterocycles. The molecule has 2 aromatic rings. The van der Waals surface area contributed by atoms with Gasteiger partial charge >= 0.3 is 0 Å². The standard InChI is InChI=1S/C18H20ClNO3/c1-13(2)23-15-7-5-6-14(10-15)11-20-18(21)12-22-17-9-4-3-8-16(17)19/h3-10,13H,11-12H2,1-2H3,(H,20,21). The number of rotatable bonds is 7. The molecule has 1 N–H and O–H groups in total. The van der Waals surface area contributed by atoms with Crippen LogP contribution in [0.25, 0.3) is 0 Å². The molecule has 2 aromatic carbocycles. The summed E-state index contributed by atoms with van der Waals surface area (Å²) in [4.78, 5) is 11.9. The average Bonchev–Trinajstić information content (AvgIpc) is 2.52. The number of carbonyl (C=O) groups is 1. The lowest BCUT2D eigenvalue weighted by Crippen LogP contribution is -2.28. The van der Waals surface area contributed by atoms with Crippen molar-refractivity contribution in [1.82, 2.24) is 5.32 Å². The number of carbonyl (C=O) groups excluding carboxylic acids is 1. The van der Waals surface area contributed by atoms with Gasteiger partial charge in [-0.25, -0.2) is 0 Å². The maximum Gasteiger partial charge on any atom is 0.258 e. The third-order valence-electron chi connectivity index (χ3n) is 2.96. The second-order valence-corrected chi connectivity index (χ2v) is 5.72. The molecule has 0 saturated heterocycles. The highest BCUT2D eigenvalue weighted by molar-refractivity contribution is 6.32. The summed E-state index contributed by atoms with van der Waals surface area (Å²) in [6, 6.07) is 14.7. The maximum absolute atomic E-state index is 11.9. The minimum Gasteiger partial charge on any atom is -0.491 e. The summed E-state index contributed by atoms with van der Waals surface area (Å²) >= 11 is 5.97. The van der Waals surface area contributed by atoms with Crippen LogP contribution in [0.4, 0.5) is 0 Å². The van der Waals surface area contributed by atoms with E-state index in [4.69, 9.17) is 21.1 Å².